The Hall–Kier alpha value is -8.62. The Bertz CT molecular complexity index is 4350. The van der Waals surface area contributed by atoms with Crippen molar-refractivity contribution in [2.45, 2.75) is 181 Å². The average molecular weight is 1560 g/mol. The average Bonchev–Trinajstić information content (AvgIpc) is 0.774. The summed E-state index contributed by atoms with van der Waals surface area (Å²) in [5.41, 5.74) is 2.06. The van der Waals surface area contributed by atoms with Crippen LogP contribution in [0.5, 0.6) is 5.75 Å². The normalized spacial score (nSPS) is 13.0. The van der Waals surface area contributed by atoms with E-state index in [-0.39, 0.29) is 55.3 Å². The van der Waals surface area contributed by atoms with Gasteiger partial charge in [-0.2, -0.15) is 0 Å². The van der Waals surface area contributed by atoms with Crippen molar-refractivity contribution in [2.75, 3.05) is 47.8 Å². The van der Waals surface area contributed by atoms with Gasteiger partial charge in [-0.05, 0) is 156 Å². The molecule has 15 heteroatoms. The molecule has 586 valence electrons. The number of carbonyl (C=O) groups is 3. The molecule has 11 nitrogen and oxygen atoms in total. The van der Waals surface area contributed by atoms with E-state index in [1.807, 2.05) is 61.5 Å². The van der Waals surface area contributed by atoms with Gasteiger partial charge in [0.1, 0.15) is 11.3 Å². The Morgan fingerprint density at radius 2 is 0.586 bits per heavy atom. The minimum absolute atomic E-state index is 0.134. The largest absolute Gasteiger partial charge is 0.506 e. The second kappa shape index (κ2) is 38.7. The highest BCUT2D eigenvalue weighted by atomic mass is 28.4. The molecule has 9 rings (SSSR count). The van der Waals surface area contributed by atoms with E-state index < -0.39 is 56.9 Å². The van der Waals surface area contributed by atoms with Crippen molar-refractivity contribution in [3.05, 3.63) is 288 Å². The molecule has 0 fully saturated rings. The number of ether oxygens (including phenoxy) is 3. The summed E-state index contributed by atoms with van der Waals surface area (Å²) in [6.45, 7) is 30.6. The number of methoxy groups -OCH3 is 3. The van der Waals surface area contributed by atoms with Crippen molar-refractivity contribution in [3.8, 4) is 5.75 Å². The topological polar surface area (TPSA) is 136 Å². The smallest absolute Gasteiger partial charge is 0.341 e. The lowest BCUT2D eigenvalue weighted by atomic mass is 9.80. The van der Waals surface area contributed by atoms with Gasteiger partial charge in [-0.1, -0.05) is 337 Å². The molecule has 0 atom stereocenters. The second-order valence-corrected chi connectivity index (χ2v) is 50.5. The summed E-state index contributed by atoms with van der Waals surface area (Å²) in [6, 6.07) is 84.5. The van der Waals surface area contributed by atoms with Crippen molar-refractivity contribution in [1.29, 1.82) is 0 Å². The molecule has 9 aromatic rings. The Morgan fingerprint density at radius 1 is 0.333 bits per heavy atom. The van der Waals surface area contributed by atoms with Gasteiger partial charge in [-0.25, -0.2) is 14.4 Å². The first kappa shape index (κ1) is 86.4. The molecule has 0 radical (unpaired) electrons. The Morgan fingerprint density at radius 3 is 0.847 bits per heavy atom. The van der Waals surface area contributed by atoms with Gasteiger partial charge in [-0.15, -0.1) is 0 Å². The zero-order valence-corrected chi connectivity index (χ0v) is 72.8. The van der Waals surface area contributed by atoms with Crippen LogP contribution in [0.2, 0.25) is 20.2 Å². The second-order valence-electron chi connectivity index (χ2n) is 33.2. The summed E-state index contributed by atoms with van der Waals surface area (Å²) in [6.07, 6.45) is 6.82. The highest BCUT2D eigenvalue weighted by Crippen LogP contribution is 2.46. The number of hydrogen-bond acceptors (Lipinski definition) is 11. The lowest BCUT2D eigenvalue weighted by Crippen LogP contribution is -2.66. The van der Waals surface area contributed by atoms with Crippen LogP contribution in [-0.2, 0) is 49.6 Å². The minimum Gasteiger partial charge on any atom is -0.506 e. The summed E-state index contributed by atoms with van der Waals surface area (Å²) in [4.78, 5) is 46.2. The zero-order chi connectivity index (χ0) is 80.1. The van der Waals surface area contributed by atoms with E-state index >= 15 is 14.4 Å². The molecular weight excluding hydrogens is 1440 g/mol. The van der Waals surface area contributed by atoms with Gasteiger partial charge in [0.25, 0.3) is 33.3 Å². The molecule has 111 heavy (non-hydrogen) atoms. The fraction of sp³-hybridized carbons (Fsp3) is 0.365. The van der Waals surface area contributed by atoms with Crippen LogP contribution in [0.1, 0.15) is 185 Å². The maximum atomic E-state index is 15.6. The number of phenols is 1. The number of rotatable bonds is 36. The van der Waals surface area contributed by atoms with Crippen molar-refractivity contribution >= 4 is 98.2 Å². The molecule has 0 saturated carbocycles. The fourth-order valence-electron chi connectivity index (χ4n) is 17.0. The first-order valence-corrected chi connectivity index (χ1v) is 47.3. The number of unbranched alkanes of at least 4 members (excludes halogenated alkanes) is 4. The number of carbonyl (C=O) groups excluding carboxylic acids is 3. The Balaban J connectivity index is 1.20. The summed E-state index contributed by atoms with van der Waals surface area (Å²) < 4.78 is 47.5. The quantitative estimate of drug-likeness (QED) is 0.0100. The van der Waals surface area contributed by atoms with E-state index in [0.717, 1.165) is 31.1 Å². The molecule has 0 aliphatic rings. The molecule has 0 spiro atoms. The predicted molar refractivity (Wildman–Crippen MR) is 467 cm³/mol. The Labute approximate surface area is 667 Å². The number of aromatic hydroxyl groups is 1. The molecule has 0 unspecified atom stereocenters. The van der Waals surface area contributed by atoms with Gasteiger partial charge in [-0.3, -0.25) is 0 Å². The number of phenolic OH excluding ortho intramolecular Hbond substituents is 1. The van der Waals surface area contributed by atoms with Crippen molar-refractivity contribution in [2.24, 2.45) is 0 Å². The van der Waals surface area contributed by atoms with Crippen LogP contribution in [0.4, 0.5) is 0 Å². The Kier molecular flexibility index (Phi) is 30.1. The van der Waals surface area contributed by atoms with Crippen LogP contribution in [0.15, 0.2) is 260 Å². The predicted octanol–water partition coefficient (Wildman–Crippen LogP) is 17.7. The molecule has 0 aliphatic heterocycles. The molecule has 0 heterocycles. The van der Waals surface area contributed by atoms with Crippen molar-refractivity contribution < 1.29 is 51.4 Å². The molecule has 0 saturated heterocycles. The van der Waals surface area contributed by atoms with Crippen LogP contribution in [0.3, 0.4) is 0 Å². The van der Waals surface area contributed by atoms with Crippen LogP contribution in [0.25, 0.3) is 5.57 Å². The number of esters is 3. The van der Waals surface area contributed by atoms with Crippen molar-refractivity contribution in [1.82, 2.24) is 0 Å². The van der Waals surface area contributed by atoms with E-state index in [1.54, 1.807) is 0 Å². The van der Waals surface area contributed by atoms with Gasteiger partial charge in [0, 0.05) is 32.0 Å². The van der Waals surface area contributed by atoms with Crippen LogP contribution < -0.4 is 41.5 Å². The SMILES string of the molecule is COC(=O)C(=C(/C)CCCCO[Si](c1ccccc1)(c1ccccc1)C(C)(C)C)/C(=C/CCCO[Si](c1ccccc1)(c1ccccc1)C(C)(C)C)c1c(O)c(C(=O)OC)c(CCCCO[Si](c2ccccc2)(c2ccccc2)C(C)(C)C)c(C(=O)OC)c1CCCCO[Si](c1ccccc1)(c1ccccc1)C(C)(C)C. The van der Waals surface area contributed by atoms with Crippen LogP contribution >= 0.6 is 0 Å². The highest BCUT2D eigenvalue weighted by molar-refractivity contribution is 7.01. The molecule has 0 bridgehead atoms. The lowest BCUT2D eigenvalue weighted by molar-refractivity contribution is -0.135. The number of benzene rings is 9. The summed E-state index contributed by atoms with van der Waals surface area (Å²) >= 11 is 0. The van der Waals surface area contributed by atoms with E-state index in [0.29, 0.717) is 106 Å². The highest BCUT2D eigenvalue weighted by Gasteiger charge is 2.54. The third kappa shape index (κ3) is 19.0. The summed E-state index contributed by atoms with van der Waals surface area (Å²) in [7, 11) is -7.93. The van der Waals surface area contributed by atoms with E-state index in [9.17, 15) is 5.11 Å². The molecule has 0 aliphatic carbocycles. The molecule has 0 aromatic heterocycles. The van der Waals surface area contributed by atoms with Gasteiger partial charge >= 0.3 is 17.9 Å². The van der Waals surface area contributed by atoms with Crippen molar-refractivity contribution in [3.63, 3.8) is 0 Å². The summed E-state index contributed by atoms with van der Waals surface area (Å²) in [5, 5.41) is 22.0. The third-order valence-corrected chi connectivity index (χ3v) is 42.2. The van der Waals surface area contributed by atoms with Gasteiger partial charge < -0.3 is 37.0 Å². The molecule has 1 N–H and O–H groups in total. The zero-order valence-electron chi connectivity index (χ0n) is 68.8. The number of allylic oxidation sites excluding steroid dienone is 2. The maximum absolute atomic E-state index is 15.6. The van der Waals surface area contributed by atoms with Crippen LogP contribution in [0, 0.1) is 0 Å². The fourth-order valence-corrected chi connectivity index (χ4v) is 35.4. The molecule has 0 amide bonds. The molecule has 9 aromatic carbocycles. The van der Waals surface area contributed by atoms with Gasteiger partial charge in [0.15, 0.2) is 0 Å². The van der Waals surface area contributed by atoms with Gasteiger partial charge in [0.2, 0.25) is 0 Å². The minimum atomic E-state index is -3.03. The lowest BCUT2D eigenvalue weighted by Gasteiger charge is -2.43. The maximum Gasteiger partial charge on any atom is 0.341 e. The van der Waals surface area contributed by atoms with E-state index in [2.05, 4.69) is 277 Å². The number of hydrogen-bond donors (Lipinski definition) is 1. The monoisotopic (exact) mass is 1560 g/mol. The summed E-state index contributed by atoms with van der Waals surface area (Å²) in [5.74, 6) is -2.59. The third-order valence-electron chi connectivity index (χ3n) is 22.0. The first-order valence-electron chi connectivity index (χ1n) is 39.7. The van der Waals surface area contributed by atoms with Crippen LogP contribution in [-0.4, -0.2) is 104 Å². The van der Waals surface area contributed by atoms with E-state index in [4.69, 9.17) is 31.9 Å². The van der Waals surface area contributed by atoms with E-state index in [1.165, 1.54) is 31.7 Å². The molecular formula is C96H120O11Si4. The first-order chi connectivity index (χ1) is 53.1. The standard InChI is InChI=1S/C96H120O11Si4/c1-73(49-41-45-69-104-108(93(2,3)4,74-50-25-17-26-51-74)75-52-27-18-28-53-75)85(90(98)101-14)82(66-42-46-70-105-109(94(5,6)7,76-54-29-19-30-55-76)77-56-31-20-32-57-77)86-83(67-43-47-71-106-110(95(8,9)10,78-58-33-21-34-59-78)79-60-35-22-36-61-79)87(91(99)102-15)84(88(89(86)97)92(100)103-16)68-44-48-72-107-111(96(11,12)13,80-62-37-23-38-63-80)81-64-39-24-40-65-81/h17-40,50-66,97H,41-49,67-72H2,1-16H3/b82-66-,85-73-. The van der Waals surface area contributed by atoms with Gasteiger partial charge in [0.05, 0.1) is 32.5 Å².